The highest BCUT2D eigenvalue weighted by Crippen LogP contribution is 2.45. The first kappa shape index (κ1) is 34.0. The molecule has 0 amide bonds. The predicted octanol–water partition coefficient (Wildman–Crippen LogP) is 6.20. The highest BCUT2D eigenvalue weighted by Gasteiger charge is 2.30. The molecule has 3 N–H and O–H groups in total. The van der Waals surface area contributed by atoms with Crippen LogP contribution in [0, 0.1) is 0 Å². The van der Waals surface area contributed by atoms with Crippen LogP contribution in [-0.4, -0.2) is 72.7 Å². The summed E-state index contributed by atoms with van der Waals surface area (Å²) in [5.74, 6) is 0. The van der Waals surface area contributed by atoms with E-state index in [9.17, 15) is 14.6 Å². The maximum Gasteiger partial charge on any atom is 0.472 e. The van der Waals surface area contributed by atoms with E-state index in [1.807, 2.05) is 21.1 Å². The fraction of sp³-hybridized carbons (Fsp3) is 1.00. The zero-order valence-electron chi connectivity index (χ0n) is 22.8. The lowest BCUT2D eigenvalue weighted by Gasteiger charge is -2.30. The second-order valence-electron chi connectivity index (χ2n) is 10.9. The molecule has 0 fully saturated rings. The van der Waals surface area contributed by atoms with E-state index in [0.29, 0.717) is 17.4 Å². The summed E-state index contributed by atoms with van der Waals surface area (Å²) in [4.78, 5) is 9.97. The summed E-state index contributed by atoms with van der Waals surface area (Å²) in [6.45, 7) is 1.90. The second kappa shape index (κ2) is 21.1. The van der Waals surface area contributed by atoms with Gasteiger partial charge in [0.2, 0.25) is 0 Å². The van der Waals surface area contributed by atoms with Gasteiger partial charge in [-0.25, -0.2) is 4.57 Å². The zero-order valence-corrected chi connectivity index (χ0v) is 23.7. The minimum atomic E-state index is -4.27. The van der Waals surface area contributed by atoms with Crippen molar-refractivity contribution in [3.63, 3.8) is 0 Å². The molecule has 0 aliphatic rings. The van der Waals surface area contributed by atoms with Crippen LogP contribution in [-0.2, 0) is 13.6 Å². The molecule has 206 valence electrons. The average Bonchev–Trinajstić information content (AvgIpc) is 2.75. The number of aliphatic hydroxyl groups excluding tert-OH is 2. The lowest BCUT2D eigenvalue weighted by Crippen LogP contribution is -2.42. The van der Waals surface area contributed by atoms with Crippen molar-refractivity contribution in [2.45, 2.75) is 128 Å². The Morgan fingerprint density at radius 3 is 1.56 bits per heavy atom. The van der Waals surface area contributed by atoms with Crippen LogP contribution in [0.25, 0.3) is 0 Å². The topological polar surface area (TPSA) is 96.2 Å². The lowest BCUT2D eigenvalue weighted by atomic mass is 10.0. The van der Waals surface area contributed by atoms with Gasteiger partial charge in [0.05, 0.1) is 34.4 Å². The minimum Gasteiger partial charge on any atom is -0.394 e. The van der Waals surface area contributed by atoms with Crippen molar-refractivity contribution in [2.24, 2.45) is 0 Å². The minimum absolute atomic E-state index is 0.395. The van der Waals surface area contributed by atoms with Crippen molar-refractivity contribution in [1.82, 2.24) is 0 Å². The molecule has 0 aromatic rings. The molecule has 0 radical (unpaired) electrons. The van der Waals surface area contributed by atoms with Gasteiger partial charge in [-0.3, -0.25) is 9.05 Å². The van der Waals surface area contributed by atoms with E-state index in [-0.39, 0.29) is 0 Å². The molecule has 0 bridgehead atoms. The highest BCUT2D eigenvalue weighted by atomic mass is 31.2. The van der Waals surface area contributed by atoms with Crippen LogP contribution in [0.5, 0.6) is 0 Å². The van der Waals surface area contributed by atoms with Gasteiger partial charge in [0.25, 0.3) is 0 Å². The molecule has 7 nitrogen and oxygen atoms in total. The van der Waals surface area contributed by atoms with Gasteiger partial charge in [0.1, 0.15) is 18.8 Å². The van der Waals surface area contributed by atoms with Gasteiger partial charge >= 0.3 is 7.82 Å². The summed E-state index contributed by atoms with van der Waals surface area (Å²) in [7, 11) is 1.78. The third-order valence-corrected chi connectivity index (χ3v) is 7.09. The van der Waals surface area contributed by atoms with Crippen LogP contribution in [0.4, 0.5) is 0 Å². The first-order chi connectivity index (χ1) is 16.1. The normalized spacial score (nSPS) is 15.9. The molecule has 0 rings (SSSR count). The fourth-order valence-electron chi connectivity index (χ4n) is 4.16. The molecule has 0 aromatic carbocycles. The van der Waals surface area contributed by atoms with Crippen LogP contribution in [0.15, 0.2) is 0 Å². The first-order valence-electron chi connectivity index (χ1n) is 13.8. The number of nitrogens with zero attached hydrogens (tertiary/aromatic N) is 1. The number of quaternary nitrogens is 1. The predicted molar refractivity (Wildman–Crippen MR) is 141 cm³/mol. The Morgan fingerprint density at radius 2 is 1.18 bits per heavy atom. The van der Waals surface area contributed by atoms with E-state index in [2.05, 4.69) is 6.92 Å². The van der Waals surface area contributed by atoms with Gasteiger partial charge in [-0.05, 0) is 6.42 Å². The molecule has 8 heteroatoms. The van der Waals surface area contributed by atoms with Crippen molar-refractivity contribution >= 4 is 7.82 Å². The van der Waals surface area contributed by atoms with Gasteiger partial charge in [-0.2, -0.15) is 0 Å². The summed E-state index contributed by atoms with van der Waals surface area (Å²) in [5, 5.41) is 18.2. The first-order valence-corrected chi connectivity index (χ1v) is 15.3. The number of hydrogen-bond acceptors (Lipinski definition) is 5. The van der Waals surface area contributed by atoms with E-state index < -0.39 is 33.2 Å². The van der Waals surface area contributed by atoms with E-state index in [1.54, 1.807) is 0 Å². The van der Waals surface area contributed by atoms with Gasteiger partial charge < -0.3 is 19.6 Å². The molecular weight excluding hydrogens is 453 g/mol. The van der Waals surface area contributed by atoms with Crippen LogP contribution in [0.1, 0.15) is 116 Å². The summed E-state index contributed by atoms with van der Waals surface area (Å²) >= 11 is 0. The molecule has 3 atom stereocenters. The molecule has 0 spiro atoms. The Hall–Kier alpha value is -0.0100. The molecule has 0 saturated carbocycles. The standard InChI is InChI=1S/C26H56NO6P/c1-5-6-7-8-9-10-11-12-13-14-15-16-17-18-19-20-21-26(22-27(2,3)4)33-34(30,31)32-24-25(29)23-28/h25-26,28-29H,5-24H2,1-4H3/p+1/t25-,26?/m1/s1. The van der Waals surface area contributed by atoms with E-state index >= 15 is 0 Å². The fourth-order valence-corrected chi connectivity index (χ4v) is 5.13. The largest absolute Gasteiger partial charge is 0.472 e. The highest BCUT2D eigenvalue weighted by molar-refractivity contribution is 7.47. The monoisotopic (exact) mass is 510 g/mol. The third kappa shape index (κ3) is 23.7. The molecule has 0 aliphatic carbocycles. The molecule has 0 aromatic heterocycles. The lowest BCUT2D eigenvalue weighted by molar-refractivity contribution is -0.873. The van der Waals surface area contributed by atoms with E-state index in [1.165, 1.54) is 89.9 Å². The number of aliphatic hydroxyl groups is 2. The Labute approximate surface area is 210 Å². The maximum atomic E-state index is 12.2. The van der Waals surface area contributed by atoms with Gasteiger partial charge in [-0.1, -0.05) is 110 Å². The molecule has 34 heavy (non-hydrogen) atoms. The van der Waals surface area contributed by atoms with E-state index in [4.69, 9.17) is 14.2 Å². The third-order valence-electron chi connectivity index (χ3n) is 6.05. The quantitative estimate of drug-likeness (QED) is 0.0769. The maximum absolute atomic E-state index is 12.2. The van der Waals surface area contributed by atoms with Crippen molar-refractivity contribution in [3.8, 4) is 0 Å². The zero-order chi connectivity index (χ0) is 25.7. The van der Waals surface area contributed by atoms with Gasteiger partial charge in [0.15, 0.2) is 0 Å². The molecule has 2 unspecified atom stereocenters. The molecular formula is C26H57NO6P+. The number of rotatable bonds is 25. The Kier molecular flexibility index (Phi) is 21.1. The second-order valence-corrected chi connectivity index (χ2v) is 12.3. The van der Waals surface area contributed by atoms with Crippen molar-refractivity contribution in [1.29, 1.82) is 0 Å². The van der Waals surface area contributed by atoms with Crippen LogP contribution in [0.2, 0.25) is 0 Å². The Morgan fingerprint density at radius 1 is 0.765 bits per heavy atom. The Balaban J connectivity index is 3.86. The Bertz CT molecular complexity index is 500. The van der Waals surface area contributed by atoms with Crippen molar-refractivity contribution in [3.05, 3.63) is 0 Å². The average molecular weight is 511 g/mol. The van der Waals surface area contributed by atoms with Crippen LogP contribution in [0.3, 0.4) is 0 Å². The number of hydrogen-bond donors (Lipinski definition) is 3. The van der Waals surface area contributed by atoms with Crippen LogP contribution >= 0.6 is 7.82 Å². The molecule has 0 saturated heterocycles. The number of phosphoric ester groups is 1. The number of unbranched alkanes of at least 4 members (excludes halogenated alkanes) is 15. The summed E-state index contributed by atoms with van der Waals surface area (Å²) in [6.07, 6.45) is 20.1. The summed E-state index contributed by atoms with van der Waals surface area (Å²) < 4.78 is 23.1. The SMILES string of the molecule is CCCCCCCCCCCCCCCCCCC(C[N+](C)(C)C)OP(=O)(O)OC[C@H](O)CO. The van der Waals surface area contributed by atoms with Gasteiger partial charge in [0, 0.05) is 0 Å². The van der Waals surface area contributed by atoms with Crippen molar-refractivity contribution < 1.29 is 33.2 Å². The van der Waals surface area contributed by atoms with Crippen molar-refractivity contribution in [2.75, 3.05) is 40.9 Å². The molecule has 0 heterocycles. The van der Waals surface area contributed by atoms with Gasteiger partial charge in [-0.15, -0.1) is 0 Å². The smallest absolute Gasteiger partial charge is 0.394 e. The van der Waals surface area contributed by atoms with E-state index in [0.717, 1.165) is 12.8 Å². The number of likely N-dealkylation sites (N-methyl/N-ethyl adjacent to an activating group) is 1. The molecule has 0 aliphatic heterocycles. The number of phosphoric acid groups is 1. The van der Waals surface area contributed by atoms with Crippen LogP contribution < -0.4 is 0 Å². The summed E-state index contributed by atoms with van der Waals surface area (Å²) in [5.41, 5.74) is 0. The summed E-state index contributed by atoms with van der Waals surface area (Å²) in [6, 6.07) is 0.